The van der Waals surface area contributed by atoms with Gasteiger partial charge in [-0.1, -0.05) is 35.9 Å². The van der Waals surface area contributed by atoms with E-state index in [1.807, 2.05) is 59.1 Å². The molecule has 0 N–H and O–H groups in total. The van der Waals surface area contributed by atoms with E-state index in [4.69, 9.17) is 11.6 Å². The van der Waals surface area contributed by atoms with Crippen LogP contribution in [0.2, 0.25) is 5.02 Å². The van der Waals surface area contributed by atoms with Crippen LogP contribution < -0.4 is 0 Å². The molecule has 1 saturated heterocycles. The molecule has 24 heavy (non-hydrogen) atoms. The molecule has 1 amide bonds. The van der Waals surface area contributed by atoms with E-state index < -0.39 is 0 Å². The van der Waals surface area contributed by atoms with Crippen molar-refractivity contribution in [2.24, 2.45) is 7.05 Å². The summed E-state index contributed by atoms with van der Waals surface area (Å²) in [6.45, 7) is 1.51. The van der Waals surface area contributed by atoms with Gasteiger partial charge in [0.05, 0.1) is 0 Å². The Bertz CT molecular complexity index is 915. The highest BCUT2D eigenvalue weighted by Gasteiger charge is 2.29. The first kappa shape index (κ1) is 15.3. The Morgan fingerprint density at radius 2 is 2.00 bits per heavy atom. The van der Waals surface area contributed by atoms with Crippen LogP contribution in [0, 0.1) is 0 Å². The van der Waals surface area contributed by atoms with Crippen LogP contribution in [0.5, 0.6) is 0 Å². The number of halogens is 1. The maximum absolute atomic E-state index is 12.9. The van der Waals surface area contributed by atoms with Crippen LogP contribution in [-0.2, 0) is 7.05 Å². The minimum Gasteiger partial charge on any atom is -0.351 e. The molecule has 0 saturated carbocycles. The van der Waals surface area contributed by atoms with Crippen LogP contribution in [-0.4, -0.2) is 28.5 Å². The first-order valence-electron chi connectivity index (χ1n) is 8.22. The topological polar surface area (TPSA) is 25.2 Å². The zero-order chi connectivity index (χ0) is 16.7. The van der Waals surface area contributed by atoms with Crippen LogP contribution in [0.25, 0.3) is 10.9 Å². The molecule has 2 heterocycles. The van der Waals surface area contributed by atoms with Gasteiger partial charge in [0.1, 0.15) is 0 Å². The van der Waals surface area contributed by atoms with Gasteiger partial charge in [0, 0.05) is 48.4 Å². The summed E-state index contributed by atoms with van der Waals surface area (Å²) in [5.74, 6) is 0.425. The minimum absolute atomic E-state index is 0.104. The lowest BCUT2D eigenvalue weighted by molar-refractivity contribution is 0.0791. The quantitative estimate of drug-likeness (QED) is 0.677. The number of hydrogen-bond donors (Lipinski definition) is 0. The average molecular weight is 339 g/mol. The van der Waals surface area contributed by atoms with Gasteiger partial charge >= 0.3 is 0 Å². The van der Waals surface area contributed by atoms with Crippen molar-refractivity contribution in [3.63, 3.8) is 0 Å². The van der Waals surface area contributed by atoms with Gasteiger partial charge in [-0.25, -0.2) is 0 Å². The van der Waals surface area contributed by atoms with Crippen molar-refractivity contribution in [2.75, 3.05) is 13.1 Å². The lowest BCUT2D eigenvalue weighted by atomic mass is 9.98. The molecule has 1 fully saturated rings. The summed E-state index contributed by atoms with van der Waals surface area (Å²) >= 11 is 6.31. The fourth-order valence-electron chi connectivity index (χ4n) is 3.58. The normalized spacial score (nSPS) is 17.6. The van der Waals surface area contributed by atoms with Crippen LogP contribution in [0.15, 0.2) is 54.7 Å². The molecule has 0 spiro atoms. The zero-order valence-corrected chi connectivity index (χ0v) is 14.3. The summed E-state index contributed by atoms with van der Waals surface area (Å²) in [6.07, 6.45) is 2.98. The molecule has 3 nitrogen and oxygen atoms in total. The molecule has 1 aliphatic rings. The number of nitrogens with zero attached hydrogens (tertiary/aromatic N) is 2. The molecule has 3 aromatic rings. The molecular weight excluding hydrogens is 320 g/mol. The van der Waals surface area contributed by atoms with Crippen molar-refractivity contribution >= 4 is 28.4 Å². The van der Waals surface area contributed by atoms with Crippen LogP contribution in [0.4, 0.5) is 0 Å². The monoisotopic (exact) mass is 338 g/mol. The van der Waals surface area contributed by atoms with Crippen molar-refractivity contribution in [3.05, 3.63) is 70.9 Å². The Morgan fingerprint density at radius 3 is 2.83 bits per heavy atom. The summed E-state index contributed by atoms with van der Waals surface area (Å²) in [5, 5.41) is 1.95. The minimum atomic E-state index is 0.104. The third-order valence-corrected chi connectivity index (χ3v) is 5.30. The maximum atomic E-state index is 12.9. The molecule has 0 bridgehead atoms. The number of hydrogen-bond acceptors (Lipinski definition) is 1. The van der Waals surface area contributed by atoms with Crippen molar-refractivity contribution in [2.45, 2.75) is 12.3 Å². The first-order valence-corrected chi connectivity index (χ1v) is 8.60. The number of carbonyl (C=O) groups is 1. The number of rotatable bonds is 2. The highest BCUT2D eigenvalue weighted by molar-refractivity contribution is 6.31. The van der Waals surface area contributed by atoms with E-state index in [2.05, 4.69) is 12.1 Å². The van der Waals surface area contributed by atoms with Gasteiger partial charge < -0.3 is 9.47 Å². The second-order valence-electron chi connectivity index (χ2n) is 6.46. The Labute approximate surface area is 146 Å². The number of aryl methyl sites for hydroxylation is 1. The van der Waals surface area contributed by atoms with Crippen molar-refractivity contribution in [1.82, 2.24) is 9.47 Å². The number of likely N-dealkylation sites (tertiary alicyclic amines) is 1. The van der Waals surface area contributed by atoms with Gasteiger partial charge in [-0.15, -0.1) is 0 Å². The smallest absolute Gasteiger partial charge is 0.253 e. The van der Waals surface area contributed by atoms with Crippen molar-refractivity contribution in [3.8, 4) is 0 Å². The zero-order valence-electron chi connectivity index (χ0n) is 13.6. The highest BCUT2D eigenvalue weighted by atomic mass is 35.5. The third kappa shape index (κ3) is 2.59. The Morgan fingerprint density at radius 1 is 1.17 bits per heavy atom. The van der Waals surface area contributed by atoms with Gasteiger partial charge in [-0.05, 0) is 41.6 Å². The number of benzene rings is 2. The lowest BCUT2D eigenvalue weighted by Crippen LogP contribution is -2.28. The SMILES string of the molecule is Cn1ccc2ccc(C(=O)N3CCC(c4ccccc4Cl)C3)cc21. The first-order chi connectivity index (χ1) is 11.6. The number of aromatic nitrogens is 1. The molecule has 0 radical (unpaired) electrons. The number of amides is 1. The molecule has 2 aromatic carbocycles. The van der Waals surface area contributed by atoms with Crippen LogP contribution in [0.3, 0.4) is 0 Å². The van der Waals surface area contributed by atoms with Gasteiger partial charge in [-0.2, -0.15) is 0 Å². The summed E-state index contributed by atoms with van der Waals surface area (Å²) in [7, 11) is 2.00. The van der Waals surface area contributed by atoms with E-state index in [1.54, 1.807) is 0 Å². The van der Waals surface area contributed by atoms with Gasteiger partial charge in [0.15, 0.2) is 0 Å². The predicted octanol–water partition coefficient (Wildman–Crippen LogP) is 4.46. The van der Waals surface area contributed by atoms with Crippen molar-refractivity contribution < 1.29 is 4.79 Å². The maximum Gasteiger partial charge on any atom is 0.253 e. The predicted molar refractivity (Wildman–Crippen MR) is 97.6 cm³/mol. The molecule has 4 rings (SSSR count). The third-order valence-electron chi connectivity index (χ3n) is 4.96. The number of fused-ring (bicyclic) bond motifs is 1. The Hall–Kier alpha value is -2.26. The average Bonchev–Trinajstić information content (AvgIpc) is 3.22. The summed E-state index contributed by atoms with van der Waals surface area (Å²) in [4.78, 5) is 14.8. The van der Waals surface area contributed by atoms with E-state index in [-0.39, 0.29) is 5.91 Å². The lowest BCUT2D eigenvalue weighted by Gasteiger charge is -2.17. The highest BCUT2D eigenvalue weighted by Crippen LogP contribution is 2.32. The second-order valence-corrected chi connectivity index (χ2v) is 6.87. The molecule has 1 unspecified atom stereocenters. The Kier molecular flexibility index (Phi) is 3.81. The molecular formula is C20H19ClN2O. The number of carbonyl (C=O) groups excluding carboxylic acids is 1. The molecule has 1 atom stereocenters. The molecule has 0 aliphatic carbocycles. The van der Waals surface area contributed by atoms with Crippen molar-refractivity contribution in [1.29, 1.82) is 0 Å². The molecule has 4 heteroatoms. The molecule has 122 valence electrons. The fourth-order valence-corrected chi connectivity index (χ4v) is 3.87. The van der Waals surface area contributed by atoms with E-state index in [0.717, 1.165) is 46.6 Å². The van der Waals surface area contributed by atoms with E-state index >= 15 is 0 Å². The standard InChI is InChI=1S/C20H19ClN2O/c1-22-10-8-14-6-7-15(12-19(14)22)20(24)23-11-9-16(13-23)17-4-2-3-5-18(17)21/h2-8,10,12,16H,9,11,13H2,1H3. The van der Waals surface area contributed by atoms with Gasteiger partial charge in [-0.3, -0.25) is 4.79 Å². The summed E-state index contributed by atoms with van der Waals surface area (Å²) in [6, 6.07) is 15.9. The summed E-state index contributed by atoms with van der Waals surface area (Å²) < 4.78 is 2.04. The fraction of sp³-hybridized carbons (Fsp3) is 0.250. The second kappa shape index (κ2) is 5.99. The summed E-state index contributed by atoms with van der Waals surface area (Å²) in [5.41, 5.74) is 2.99. The van der Waals surface area contributed by atoms with Crippen LogP contribution in [0.1, 0.15) is 28.3 Å². The largest absolute Gasteiger partial charge is 0.351 e. The van der Waals surface area contributed by atoms with Crippen LogP contribution >= 0.6 is 11.6 Å². The molecule has 1 aliphatic heterocycles. The van der Waals surface area contributed by atoms with Gasteiger partial charge in [0.2, 0.25) is 0 Å². The van der Waals surface area contributed by atoms with E-state index in [1.165, 1.54) is 0 Å². The molecule has 1 aromatic heterocycles. The van der Waals surface area contributed by atoms with E-state index in [9.17, 15) is 4.79 Å². The Balaban J connectivity index is 1.56. The van der Waals surface area contributed by atoms with Gasteiger partial charge in [0.25, 0.3) is 5.91 Å². The van der Waals surface area contributed by atoms with E-state index in [0.29, 0.717) is 5.92 Å².